The first-order chi connectivity index (χ1) is 8.27. The first-order valence-corrected chi connectivity index (χ1v) is 5.53. The molecule has 17 heavy (non-hydrogen) atoms. The van der Waals surface area contributed by atoms with Crippen LogP contribution in [0.15, 0.2) is 48.5 Å². The largest absolute Gasteiger partial charge is 0.397 e. The van der Waals surface area contributed by atoms with Gasteiger partial charge >= 0.3 is 0 Å². The van der Waals surface area contributed by atoms with Crippen LogP contribution in [0.1, 0.15) is 5.56 Å². The summed E-state index contributed by atoms with van der Waals surface area (Å²) in [4.78, 5) is 13.8. The van der Waals surface area contributed by atoms with Crippen molar-refractivity contribution in [2.75, 3.05) is 10.6 Å². The van der Waals surface area contributed by atoms with Crippen molar-refractivity contribution in [3.8, 4) is 0 Å². The minimum absolute atomic E-state index is 0.0732. The second-order valence-electron chi connectivity index (χ2n) is 4.09. The maximum Gasteiger partial charge on any atom is 0.236 e. The highest BCUT2D eigenvalue weighted by Gasteiger charge is 2.28. The third-order valence-electron chi connectivity index (χ3n) is 3.00. The lowest BCUT2D eigenvalue weighted by atomic mass is 10.2. The predicted octanol–water partition coefficient (Wildman–Crippen LogP) is 2.49. The number of fused-ring (bicyclic) bond motifs is 1. The Balaban J connectivity index is 2.16. The molecule has 0 atom stereocenters. The zero-order chi connectivity index (χ0) is 11.8. The molecule has 84 valence electrons. The second kappa shape index (κ2) is 3.63. The molecular formula is C14H12N2O. The molecule has 1 amide bonds. The molecule has 2 N–H and O–H groups in total. The van der Waals surface area contributed by atoms with Gasteiger partial charge in [0.2, 0.25) is 5.91 Å². The molecule has 0 aromatic heterocycles. The third kappa shape index (κ3) is 1.47. The summed E-state index contributed by atoms with van der Waals surface area (Å²) in [7, 11) is 0. The average molecular weight is 224 g/mol. The van der Waals surface area contributed by atoms with E-state index in [4.69, 9.17) is 5.73 Å². The Hall–Kier alpha value is -2.29. The van der Waals surface area contributed by atoms with Gasteiger partial charge in [-0.05, 0) is 23.8 Å². The van der Waals surface area contributed by atoms with Crippen LogP contribution in [0.25, 0.3) is 0 Å². The van der Waals surface area contributed by atoms with Crippen LogP contribution < -0.4 is 10.6 Å². The molecule has 0 saturated carbocycles. The summed E-state index contributed by atoms with van der Waals surface area (Å²) >= 11 is 0. The molecule has 1 aliphatic rings. The van der Waals surface area contributed by atoms with E-state index in [9.17, 15) is 4.79 Å². The molecule has 0 spiro atoms. The fraction of sp³-hybridized carbons (Fsp3) is 0.0714. The lowest BCUT2D eigenvalue weighted by Crippen LogP contribution is -2.21. The maximum atomic E-state index is 12.1. The second-order valence-corrected chi connectivity index (χ2v) is 4.09. The lowest BCUT2D eigenvalue weighted by molar-refractivity contribution is -0.116. The van der Waals surface area contributed by atoms with E-state index in [2.05, 4.69) is 0 Å². The summed E-state index contributed by atoms with van der Waals surface area (Å²) < 4.78 is 0. The topological polar surface area (TPSA) is 46.3 Å². The van der Waals surface area contributed by atoms with Gasteiger partial charge in [-0.25, -0.2) is 0 Å². The van der Waals surface area contributed by atoms with Gasteiger partial charge in [-0.2, -0.15) is 0 Å². The molecule has 3 nitrogen and oxygen atoms in total. The van der Waals surface area contributed by atoms with Gasteiger partial charge in [0.1, 0.15) is 0 Å². The SMILES string of the molecule is Nc1ccccc1N1C(=O)Cc2ccccc21. The monoisotopic (exact) mass is 224 g/mol. The number of nitrogens with zero attached hydrogens (tertiary/aromatic N) is 1. The van der Waals surface area contributed by atoms with E-state index in [0.29, 0.717) is 12.1 Å². The number of nitrogens with two attached hydrogens (primary N) is 1. The fourth-order valence-electron chi connectivity index (χ4n) is 2.21. The molecule has 0 radical (unpaired) electrons. The van der Waals surface area contributed by atoms with Crippen molar-refractivity contribution in [1.82, 2.24) is 0 Å². The van der Waals surface area contributed by atoms with Gasteiger partial charge in [0.25, 0.3) is 0 Å². The van der Waals surface area contributed by atoms with Crippen molar-refractivity contribution in [2.45, 2.75) is 6.42 Å². The number of benzene rings is 2. The number of hydrogen-bond donors (Lipinski definition) is 1. The van der Waals surface area contributed by atoms with E-state index in [1.165, 1.54) is 0 Å². The van der Waals surface area contributed by atoms with Gasteiger partial charge in [-0.15, -0.1) is 0 Å². The number of carbonyl (C=O) groups excluding carboxylic acids is 1. The van der Waals surface area contributed by atoms with Crippen molar-refractivity contribution in [3.05, 3.63) is 54.1 Å². The molecule has 2 aromatic carbocycles. The van der Waals surface area contributed by atoms with Crippen molar-refractivity contribution in [3.63, 3.8) is 0 Å². The van der Waals surface area contributed by atoms with Crippen LogP contribution >= 0.6 is 0 Å². The average Bonchev–Trinajstić information content (AvgIpc) is 2.66. The van der Waals surface area contributed by atoms with Crippen molar-refractivity contribution >= 4 is 23.0 Å². The first kappa shape index (κ1) is 9.90. The van der Waals surface area contributed by atoms with E-state index in [1.807, 2.05) is 48.5 Å². The molecule has 0 unspecified atom stereocenters. The highest BCUT2D eigenvalue weighted by atomic mass is 16.2. The first-order valence-electron chi connectivity index (χ1n) is 5.53. The Bertz CT molecular complexity index is 592. The Morgan fingerprint density at radius 1 is 0.941 bits per heavy atom. The minimum atomic E-state index is 0.0732. The summed E-state index contributed by atoms with van der Waals surface area (Å²) in [6.45, 7) is 0. The number of amides is 1. The normalized spacial score (nSPS) is 13.9. The van der Waals surface area contributed by atoms with Crippen LogP contribution in [0.2, 0.25) is 0 Å². The fourth-order valence-corrected chi connectivity index (χ4v) is 2.21. The van der Waals surface area contributed by atoms with Crippen LogP contribution in [0.4, 0.5) is 17.1 Å². The highest BCUT2D eigenvalue weighted by molar-refractivity contribution is 6.09. The molecule has 1 heterocycles. The van der Waals surface area contributed by atoms with Crippen LogP contribution in [0.5, 0.6) is 0 Å². The van der Waals surface area contributed by atoms with E-state index >= 15 is 0 Å². The van der Waals surface area contributed by atoms with Crippen LogP contribution in [-0.2, 0) is 11.2 Å². The number of para-hydroxylation sites is 3. The molecule has 0 fully saturated rings. The van der Waals surface area contributed by atoms with Gasteiger partial charge in [0.15, 0.2) is 0 Å². The summed E-state index contributed by atoms with van der Waals surface area (Å²) in [5.74, 6) is 0.0732. The van der Waals surface area contributed by atoms with E-state index < -0.39 is 0 Å². The molecule has 3 heteroatoms. The standard InChI is InChI=1S/C14H12N2O/c15-11-6-2-4-8-13(11)16-12-7-3-1-5-10(12)9-14(16)17/h1-8H,9,15H2. The number of hydrogen-bond acceptors (Lipinski definition) is 2. The van der Waals surface area contributed by atoms with Gasteiger partial charge in [-0.3, -0.25) is 9.69 Å². The number of anilines is 3. The molecule has 1 aliphatic heterocycles. The van der Waals surface area contributed by atoms with Gasteiger partial charge in [0.05, 0.1) is 23.5 Å². The molecule has 0 aliphatic carbocycles. The van der Waals surface area contributed by atoms with Crippen molar-refractivity contribution < 1.29 is 4.79 Å². The predicted molar refractivity (Wildman–Crippen MR) is 68.1 cm³/mol. The quantitative estimate of drug-likeness (QED) is 0.756. The molecular weight excluding hydrogens is 212 g/mol. The van der Waals surface area contributed by atoms with Crippen molar-refractivity contribution in [2.24, 2.45) is 0 Å². The Kier molecular flexibility index (Phi) is 2.11. The van der Waals surface area contributed by atoms with Crippen LogP contribution in [0, 0.1) is 0 Å². The summed E-state index contributed by atoms with van der Waals surface area (Å²) in [6, 6.07) is 15.2. The van der Waals surface area contributed by atoms with Gasteiger partial charge < -0.3 is 5.73 Å². The van der Waals surface area contributed by atoms with E-state index in [-0.39, 0.29) is 5.91 Å². The van der Waals surface area contributed by atoms with Crippen LogP contribution in [0.3, 0.4) is 0 Å². The van der Waals surface area contributed by atoms with E-state index in [0.717, 1.165) is 16.9 Å². The third-order valence-corrected chi connectivity index (χ3v) is 3.00. The molecule has 3 rings (SSSR count). The number of nitrogen functional groups attached to an aromatic ring is 1. The number of rotatable bonds is 1. The highest BCUT2D eigenvalue weighted by Crippen LogP contribution is 2.37. The van der Waals surface area contributed by atoms with E-state index in [1.54, 1.807) is 4.90 Å². The summed E-state index contributed by atoms with van der Waals surface area (Å²) in [6.07, 6.45) is 0.449. The molecule has 2 aromatic rings. The Labute approximate surface area is 99.5 Å². The number of carbonyl (C=O) groups is 1. The minimum Gasteiger partial charge on any atom is -0.397 e. The molecule has 0 bridgehead atoms. The summed E-state index contributed by atoms with van der Waals surface area (Å²) in [5.41, 5.74) is 9.31. The van der Waals surface area contributed by atoms with Gasteiger partial charge in [-0.1, -0.05) is 30.3 Å². The zero-order valence-electron chi connectivity index (χ0n) is 9.26. The smallest absolute Gasteiger partial charge is 0.236 e. The van der Waals surface area contributed by atoms with Crippen LogP contribution in [-0.4, -0.2) is 5.91 Å². The van der Waals surface area contributed by atoms with Crippen molar-refractivity contribution in [1.29, 1.82) is 0 Å². The summed E-state index contributed by atoms with van der Waals surface area (Å²) in [5, 5.41) is 0. The van der Waals surface area contributed by atoms with Gasteiger partial charge in [0, 0.05) is 0 Å². The Morgan fingerprint density at radius 2 is 1.59 bits per heavy atom. The lowest BCUT2D eigenvalue weighted by Gasteiger charge is -2.19. The zero-order valence-corrected chi connectivity index (χ0v) is 9.26. The Morgan fingerprint density at radius 3 is 2.35 bits per heavy atom. The molecule has 0 saturated heterocycles. The maximum absolute atomic E-state index is 12.1.